The van der Waals surface area contributed by atoms with Gasteiger partial charge in [0.05, 0.1) is 17.4 Å². The molecule has 0 bridgehead atoms. The third kappa shape index (κ3) is 3.57. The lowest BCUT2D eigenvalue weighted by Gasteiger charge is -2.12. The van der Waals surface area contributed by atoms with Gasteiger partial charge in [-0.15, -0.1) is 0 Å². The lowest BCUT2D eigenvalue weighted by molar-refractivity contribution is -0.117. The second-order valence-corrected chi connectivity index (χ2v) is 4.46. The molecule has 3 N–H and O–H groups in total. The second kappa shape index (κ2) is 5.96. The summed E-state index contributed by atoms with van der Waals surface area (Å²) >= 11 is 3.27. The van der Waals surface area contributed by atoms with Crippen LogP contribution in [0.3, 0.4) is 0 Å². The maximum atomic E-state index is 11.7. The molecule has 0 spiro atoms. The van der Waals surface area contributed by atoms with Crippen molar-refractivity contribution >= 4 is 27.5 Å². The van der Waals surface area contributed by atoms with Gasteiger partial charge in [-0.05, 0) is 41.4 Å². The first-order chi connectivity index (χ1) is 7.54. The normalized spacial score (nSPS) is 12.2. The summed E-state index contributed by atoms with van der Waals surface area (Å²) in [5.41, 5.74) is 7.19. The molecular weight excluding hydrogens is 270 g/mol. The molecule has 4 nitrogen and oxygen atoms in total. The third-order valence-electron chi connectivity index (χ3n) is 2.25. The van der Waals surface area contributed by atoms with Crippen molar-refractivity contribution in [3.05, 3.63) is 22.4 Å². The molecule has 0 aromatic carbocycles. The second-order valence-electron chi connectivity index (χ2n) is 3.65. The van der Waals surface area contributed by atoms with Crippen LogP contribution in [-0.4, -0.2) is 16.9 Å². The van der Waals surface area contributed by atoms with E-state index in [0.29, 0.717) is 12.1 Å². The van der Waals surface area contributed by atoms with Gasteiger partial charge < -0.3 is 11.1 Å². The van der Waals surface area contributed by atoms with Crippen molar-refractivity contribution in [1.29, 1.82) is 0 Å². The summed E-state index contributed by atoms with van der Waals surface area (Å²) < 4.78 is 0.751. The summed E-state index contributed by atoms with van der Waals surface area (Å²) in [6, 6.07) is 3.14. The van der Waals surface area contributed by atoms with E-state index in [0.717, 1.165) is 16.7 Å². The number of hydrogen-bond donors (Lipinski definition) is 2. The first-order valence-electron chi connectivity index (χ1n) is 5.24. The van der Waals surface area contributed by atoms with Gasteiger partial charge >= 0.3 is 0 Å². The van der Waals surface area contributed by atoms with E-state index in [1.807, 2.05) is 19.9 Å². The van der Waals surface area contributed by atoms with Gasteiger partial charge in [0.15, 0.2) is 0 Å². The average Bonchev–Trinajstić information content (AvgIpc) is 2.22. The molecule has 5 heteroatoms. The van der Waals surface area contributed by atoms with Crippen molar-refractivity contribution in [2.75, 3.05) is 5.32 Å². The summed E-state index contributed by atoms with van der Waals surface area (Å²) in [6.07, 6.45) is 1.58. The Balaban J connectivity index is 2.69. The molecule has 1 heterocycles. The summed E-state index contributed by atoms with van der Waals surface area (Å²) in [6.45, 7) is 3.84. The fourth-order valence-corrected chi connectivity index (χ4v) is 1.73. The number of nitrogens with two attached hydrogens (primary N) is 1. The maximum Gasteiger partial charge on any atom is 0.241 e. The average molecular weight is 286 g/mol. The molecule has 0 aliphatic heterocycles. The number of aryl methyl sites for hydroxylation is 1. The van der Waals surface area contributed by atoms with Crippen LogP contribution in [0.25, 0.3) is 0 Å². The molecule has 1 amide bonds. The van der Waals surface area contributed by atoms with Gasteiger partial charge in [-0.2, -0.15) is 0 Å². The van der Waals surface area contributed by atoms with Gasteiger partial charge in [0.25, 0.3) is 0 Å². The highest BCUT2D eigenvalue weighted by Crippen LogP contribution is 2.16. The van der Waals surface area contributed by atoms with Crippen molar-refractivity contribution in [3.63, 3.8) is 0 Å². The van der Waals surface area contributed by atoms with Gasteiger partial charge in [-0.1, -0.05) is 13.3 Å². The smallest absolute Gasteiger partial charge is 0.241 e. The number of hydrogen-bond acceptors (Lipinski definition) is 3. The molecule has 0 saturated carbocycles. The van der Waals surface area contributed by atoms with E-state index in [2.05, 4.69) is 26.2 Å². The number of anilines is 1. The Morgan fingerprint density at radius 3 is 2.88 bits per heavy atom. The molecule has 1 aromatic heterocycles. The first-order valence-corrected chi connectivity index (χ1v) is 6.03. The molecule has 0 radical (unpaired) electrons. The van der Waals surface area contributed by atoms with Gasteiger partial charge in [0, 0.05) is 0 Å². The summed E-state index contributed by atoms with van der Waals surface area (Å²) in [7, 11) is 0. The van der Waals surface area contributed by atoms with Crippen LogP contribution in [0.15, 0.2) is 16.7 Å². The number of carbonyl (C=O) groups excluding carboxylic acids is 1. The van der Waals surface area contributed by atoms with Crippen molar-refractivity contribution in [3.8, 4) is 0 Å². The van der Waals surface area contributed by atoms with Crippen LogP contribution in [0.4, 0.5) is 5.69 Å². The number of nitrogens with one attached hydrogen (secondary N) is 1. The molecule has 0 saturated heterocycles. The lowest BCUT2D eigenvalue weighted by Crippen LogP contribution is -2.35. The SMILES string of the molecule is CCCC(N)C(=O)Nc1ccc(Br)nc1C. The number of pyridine rings is 1. The Hall–Kier alpha value is -0.940. The van der Waals surface area contributed by atoms with Gasteiger partial charge in [0.1, 0.15) is 4.60 Å². The number of rotatable bonds is 4. The van der Waals surface area contributed by atoms with E-state index < -0.39 is 6.04 Å². The zero-order valence-corrected chi connectivity index (χ0v) is 11.0. The van der Waals surface area contributed by atoms with Crippen LogP contribution >= 0.6 is 15.9 Å². The van der Waals surface area contributed by atoms with Gasteiger partial charge in [0.2, 0.25) is 5.91 Å². The van der Waals surface area contributed by atoms with E-state index in [4.69, 9.17) is 5.73 Å². The number of aromatic nitrogens is 1. The molecule has 0 aliphatic rings. The number of nitrogens with zero attached hydrogens (tertiary/aromatic N) is 1. The Morgan fingerprint density at radius 1 is 1.62 bits per heavy atom. The minimum Gasteiger partial charge on any atom is -0.323 e. The minimum absolute atomic E-state index is 0.158. The minimum atomic E-state index is -0.451. The predicted octanol–water partition coefficient (Wildman–Crippen LogP) is 2.22. The Labute approximate surface area is 104 Å². The lowest BCUT2D eigenvalue weighted by atomic mass is 10.1. The maximum absolute atomic E-state index is 11.7. The quantitative estimate of drug-likeness (QED) is 0.834. The fourth-order valence-electron chi connectivity index (χ4n) is 1.33. The molecular formula is C11H16BrN3O. The van der Waals surface area contributed by atoms with E-state index in [1.165, 1.54) is 0 Å². The van der Waals surface area contributed by atoms with Crippen molar-refractivity contribution in [2.24, 2.45) is 5.73 Å². The highest BCUT2D eigenvalue weighted by molar-refractivity contribution is 9.10. The summed E-state index contributed by atoms with van der Waals surface area (Å²) in [4.78, 5) is 15.9. The van der Waals surface area contributed by atoms with E-state index in [-0.39, 0.29) is 5.91 Å². The molecule has 1 unspecified atom stereocenters. The van der Waals surface area contributed by atoms with E-state index in [9.17, 15) is 4.79 Å². The highest BCUT2D eigenvalue weighted by Gasteiger charge is 2.13. The zero-order valence-electron chi connectivity index (χ0n) is 9.46. The van der Waals surface area contributed by atoms with Crippen LogP contribution < -0.4 is 11.1 Å². The Kier molecular flexibility index (Phi) is 4.89. The molecule has 0 fully saturated rings. The number of amides is 1. The standard InChI is InChI=1S/C11H16BrN3O/c1-3-4-8(13)11(16)15-9-5-6-10(12)14-7(9)2/h5-6,8H,3-4,13H2,1-2H3,(H,15,16). The van der Waals surface area contributed by atoms with Crippen molar-refractivity contribution in [1.82, 2.24) is 4.98 Å². The van der Waals surface area contributed by atoms with Crippen molar-refractivity contribution < 1.29 is 4.79 Å². The molecule has 1 atom stereocenters. The zero-order chi connectivity index (χ0) is 12.1. The molecule has 1 rings (SSSR count). The first kappa shape index (κ1) is 13.1. The third-order valence-corrected chi connectivity index (χ3v) is 2.69. The van der Waals surface area contributed by atoms with Gasteiger partial charge in [-0.3, -0.25) is 4.79 Å². The van der Waals surface area contributed by atoms with Crippen LogP contribution in [0.5, 0.6) is 0 Å². The highest BCUT2D eigenvalue weighted by atomic mass is 79.9. The summed E-state index contributed by atoms with van der Waals surface area (Å²) in [5, 5.41) is 2.77. The van der Waals surface area contributed by atoms with Crippen molar-refractivity contribution in [2.45, 2.75) is 32.7 Å². The van der Waals surface area contributed by atoms with Crippen LogP contribution in [0.2, 0.25) is 0 Å². The van der Waals surface area contributed by atoms with E-state index >= 15 is 0 Å². The Morgan fingerprint density at radius 2 is 2.31 bits per heavy atom. The van der Waals surface area contributed by atoms with E-state index in [1.54, 1.807) is 6.07 Å². The summed E-state index contributed by atoms with van der Waals surface area (Å²) in [5.74, 6) is -0.158. The molecule has 0 aliphatic carbocycles. The van der Waals surface area contributed by atoms with Crippen LogP contribution in [-0.2, 0) is 4.79 Å². The molecule has 88 valence electrons. The number of carbonyl (C=O) groups is 1. The predicted molar refractivity (Wildman–Crippen MR) is 68.2 cm³/mol. The van der Waals surface area contributed by atoms with Crippen LogP contribution in [0, 0.1) is 6.92 Å². The monoisotopic (exact) mass is 285 g/mol. The topological polar surface area (TPSA) is 68.0 Å². The molecule has 1 aromatic rings. The number of halogens is 1. The van der Waals surface area contributed by atoms with Crippen LogP contribution in [0.1, 0.15) is 25.5 Å². The largest absolute Gasteiger partial charge is 0.323 e. The van der Waals surface area contributed by atoms with Gasteiger partial charge in [-0.25, -0.2) is 4.98 Å². The fraction of sp³-hybridized carbons (Fsp3) is 0.455. The Bertz CT molecular complexity index is 381. The molecule has 16 heavy (non-hydrogen) atoms.